The standard InChI is InChI=1S/C18H22FN3O2.C2HF3O2/c1-12-10-20-7-6-15(12)11-21-13(2)22-16-5-4-14(17(19)9-16)8-18(23)24-3;3-2(4,5)1(6)7/h4-5,9,11,20H,1,6-8,10H2,2-3H3,(H,21,22);(H,6,7)/b15-11-;. The van der Waals surface area contributed by atoms with Gasteiger partial charge in [0.25, 0.3) is 0 Å². The number of carbonyl (C=O) groups excluding carboxylic acids is 1. The van der Waals surface area contributed by atoms with Crippen molar-refractivity contribution in [2.75, 3.05) is 25.5 Å². The summed E-state index contributed by atoms with van der Waals surface area (Å²) in [5.41, 5.74) is 3.03. The highest BCUT2D eigenvalue weighted by Crippen LogP contribution is 2.17. The van der Waals surface area contributed by atoms with Crippen LogP contribution in [0.5, 0.6) is 0 Å². The van der Waals surface area contributed by atoms with Gasteiger partial charge in [-0.2, -0.15) is 13.2 Å². The summed E-state index contributed by atoms with van der Waals surface area (Å²) in [5.74, 6) is -3.04. The number of aliphatic carboxylic acids is 1. The van der Waals surface area contributed by atoms with E-state index < -0.39 is 23.9 Å². The lowest BCUT2D eigenvalue weighted by Crippen LogP contribution is -2.25. The number of methoxy groups -OCH3 is 1. The molecular formula is C20H23F4N3O4. The van der Waals surface area contributed by atoms with Gasteiger partial charge in [-0.05, 0) is 48.7 Å². The summed E-state index contributed by atoms with van der Waals surface area (Å²) >= 11 is 0. The van der Waals surface area contributed by atoms with E-state index in [9.17, 15) is 22.4 Å². The lowest BCUT2D eigenvalue weighted by Gasteiger charge is -2.17. The third-order valence-electron chi connectivity index (χ3n) is 3.96. The number of amidine groups is 1. The highest BCUT2D eigenvalue weighted by atomic mass is 19.4. The largest absolute Gasteiger partial charge is 0.490 e. The zero-order chi connectivity index (χ0) is 23.6. The maximum atomic E-state index is 14.0. The molecule has 1 aliphatic heterocycles. The van der Waals surface area contributed by atoms with Crippen LogP contribution in [0.25, 0.3) is 0 Å². The van der Waals surface area contributed by atoms with E-state index >= 15 is 0 Å². The molecule has 2 rings (SSSR count). The van der Waals surface area contributed by atoms with Gasteiger partial charge in [0.15, 0.2) is 0 Å². The predicted octanol–water partition coefficient (Wildman–Crippen LogP) is 3.44. The van der Waals surface area contributed by atoms with Gasteiger partial charge in [-0.3, -0.25) is 4.79 Å². The quantitative estimate of drug-likeness (QED) is 0.284. The second kappa shape index (κ2) is 11.8. The molecule has 1 aromatic rings. The summed E-state index contributed by atoms with van der Waals surface area (Å²) in [6.07, 6.45) is -2.47. The van der Waals surface area contributed by atoms with Crippen LogP contribution in [-0.2, 0) is 20.7 Å². The van der Waals surface area contributed by atoms with Gasteiger partial charge in [-0.15, -0.1) is 0 Å². The Morgan fingerprint density at radius 3 is 2.55 bits per heavy atom. The molecular weight excluding hydrogens is 422 g/mol. The third-order valence-corrected chi connectivity index (χ3v) is 3.96. The number of anilines is 1. The smallest absolute Gasteiger partial charge is 0.475 e. The monoisotopic (exact) mass is 445 g/mol. The molecule has 1 aromatic carbocycles. The molecule has 0 aliphatic carbocycles. The number of carboxylic acid groups (broad SMARTS) is 1. The number of esters is 1. The van der Waals surface area contributed by atoms with Crippen LogP contribution in [0.2, 0.25) is 0 Å². The first-order valence-corrected chi connectivity index (χ1v) is 8.98. The van der Waals surface area contributed by atoms with Crippen LogP contribution in [-0.4, -0.2) is 49.3 Å². The van der Waals surface area contributed by atoms with Gasteiger partial charge < -0.3 is 20.5 Å². The Morgan fingerprint density at radius 1 is 1.39 bits per heavy atom. The van der Waals surface area contributed by atoms with Gasteiger partial charge >= 0.3 is 18.1 Å². The second-order valence-corrected chi connectivity index (χ2v) is 6.39. The summed E-state index contributed by atoms with van der Waals surface area (Å²) in [6.45, 7) is 7.50. The molecule has 11 heteroatoms. The maximum Gasteiger partial charge on any atom is 0.490 e. The number of piperidine rings is 1. The molecule has 1 fully saturated rings. The number of hydrogen-bond donors (Lipinski definition) is 3. The van der Waals surface area contributed by atoms with E-state index in [1.807, 2.05) is 0 Å². The zero-order valence-corrected chi connectivity index (χ0v) is 17.0. The highest BCUT2D eigenvalue weighted by molar-refractivity contribution is 5.94. The number of ether oxygens (including phenoxy) is 1. The van der Waals surface area contributed by atoms with Crippen molar-refractivity contribution >= 4 is 23.5 Å². The number of nitrogens with zero attached hydrogens (tertiary/aromatic N) is 1. The minimum atomic E-state index is -5.08. The van der Waals surface area contributed by atoms with Crippen molar-refractivity contribution in [1.82, 2.24) is 5.32 Å². The van der Waals surface area contributed by atoms with Crippen LogP contribution in [0.15, 0.2) is 47.1 Å². The van der Waals surface area contributed by atoms with Gasteiger partial charge in [0.2, 0.25) is 0 Å². The molecule has 31 heavy (non-hydrogen) atoms. The molecule has 0 saturated carbocycles. The lowest BCUT2D eigenvalue weighted by molar-refractivity contribution is -0.192. The molecule has 170 valence electrons. The lowest BCUT2D eigenvalue weighted by atomic mass is 10.0. The van der Waals surface area contributed by atoms with Gasteiger partial charge in [-0.25, -0.2) is 14.2 Å². The molecule has 0 spiro atoms. The van der Waals surface area contributed by atoms with E-state index in [2.05, 4.69) is 26.9 Å². The Bertz CT molecular complexity index is 880. The number of benzene rings is 1. The van der Waals surface area contributed by atoms with Crippen LogP contribution < -0.4 is 10.6 Å². The molecule has 1 saturated heterocycles. The number of nitrogens with one attached hydrogen (secondary N) is 2. The van der Waals surface area contributed by atoms with Crippen LogP contribution in [0.3, 0.4) is 0 Å². The number of rotatable bonds is 4. The fourth-order valence-electron chi connectivity index (χ4n) is 2.32. The SMILES string of the molecule is C=C1CNCC/C1=C/N=C(C)Nc1ccc(CC(=O)OC)c(F)c1.O=C(O)C(F)(F)F. The summed E-state index contributed by atoms with van der Waals surface area (Å²) in [7, 11) is 1.28. The Kier molecular flexibility index (Phi) is 9.87. The van der Waals surface area contributed by atoms with E-state index in [-0.39, 0.29) is 6.42 Å². The summed E-state index contributed by atoms with van der Waals surface area (Å²) < 4.78 is 50.3. The van der Waals surface area contributed by atoms with E-state index in [1.54, 1.807) is 25.3 Å². The molecule has 0 radical (unpaired) electrons. The highest BCUT2D eigenvalue weighted by Gasteiger charge is 2.38. The fraction of sp³-hybridized carbons (Fsp3) is 0.350. The molecule has 1 aliphatic rings. The second-order valence-electron chi connectivity index (χ2n) is 6.39. The fourth-order valence-corrected chi connectivity index (χ4v) is 2.32. The van der Waals surface area contributed by atoms with Crippen molar-refractivity contribution in [1.29, 1.82) is 0 Å². The van der Waals surface area contributed by atoms with Crippen molar-refractivity contribution < 1.29 is 37.0 Å². The average molecular weight is 445 g/mol. The summed E-state index contributed by atoms with van der Waals surface area (Å²) in [4.78, 5) is 24.5. The average Bonchev–Trinajstić information content (AvgIpc) is 2.69. The Hall–Kier alpha value is -3.21. The number of carbonyl (C=O) groups is 2. The normalized spacial score (nSPS) is 15.7. The summed E-state index contributed by atoms with van der Waals surface area (Å²) in [6, 6.07) is 4.61. The van der Waals surface area contributed by atoms with Crippen molar-refractivity contribution in [2.24, 2.45) is 4.99 Å². The molecule has 7 nitrogen and oxygen atoms in total. The Morgan fingerprint density at radius 2 is 2.03 bits per heavy atom. The van der Waals surface area contributed by atoms with Gasteiger partial charge in [0.05, 0.1) is 13.5 Å². The van der Waals surface area contributed by atoms with Crippen molar-refractivity contribution in [3.8, 4) is 0 Å². The molecule has 0 unspecified atom stereocenters. The van der Waals surface area contributed by atoms with Crippen molar-refractivity contribution in [2.45, 2.75) is 25.9 Å². The number of aliphatic imine (C=N–C) groups is 1. The Labute approximate surface area is 176 Å². The predicted molar refractivity (Wildman–Crippen MR) is 107 cm³/mol. The van der Waals surface area contributed by atoms with E-state index in [0.29, 0.717) is 17.1 Å². The van der Waals surface area contributed by atoms with E-state index in [4.69, 9.17) is 9.90 Å². The molecule has 0 amide bonds. The molecule has 0 bridgehead atoms. The van der Waals surface area contributed by atoms with Crippen LogP contribution in [0.4, 0.5) is 23.2 Å². The van der Waals surface area contributed by atoms with Gasteiger partial charge in [-0.1, -0.05) is 12.6 Å². The Balaban J connectivity index is 0.000000592. The number of hydrogen-bond acceptors (Lipinski definition) is 5. The van der Waals surface area contributed by atoms with Crippen molar-refractivity contribution in [3.05, 3.63) is 53.5 Å². The first-order valence-electron chi connectivity index (χ1n) is 8.98. The van der Waals surface area contributed by atoms with Gasteiger partial charge in [0, 0.05) is 18.4 Å². The molecule has 0 aromatic heterocycles. The topological polar surface area (TPSA) is 100 Å². The van der Waals surface area contributed by atoms with Crippen LogP contribution >= 0.6 is 0 Å². The first-order chi connectivity index (χ1) is 14.4. The van der Waals surface area contributed by atoms with Crippen LogP contribution in [0.1, 0.15) is 18.9 Å². The van der Waals surface area contributed by atoms with Crippen molar-refractivity contribution in [3.63, 3.8) is 0 Å². The van der Waals surface area contributed by atoms with E-state index in [1.165, 1.54) is 13.2 Å². The molecule has 1 heterocycles. The van der Waals surface area contributed by atoms with Gasteiger partial charge in [0.1, 0.15) is 11.7 Å². The summed E-state index contributed by atoms with van der Waals surface area (Å²) in [5, 5.41) is 13.4. The number of halogens is 4. The number of alkyl halides is 3. The first kappa shape index (κ1) is 25.8. The third kappa shape index (κ3) is 9.43. The minimum Gasteiger partial charge on any atom is -0.475 e. The molecule has 3 N–H and O–H groups in total. The number of carboxylic acids is 1. The minimum absolute atomic E-state index is 0.0854. The maximum absolute atomic E-state index is 14.0. The van der Waals surface area contributed by atoms with Crippen LogP contribution in [0, 0.1) is 5.82 Å². The zero-order valence-electron chi connectivity index (χ0n) is 17.0. The van der Waals surface area contributed by atoms with E-state index in [0.717, 1.165) is 30.7 Å². The molecule has 0 atom stereocenters.